The van der Waals surface area contributed by atoms with Crippen LogP contribution in [0.5, 0.6) is 0 Å². The van der Waals surface area contributed by atoms with Crippen molar-refractivity contribution in [3.8, 4) is 0 Å². The first-order valence-electron chi connectivity index (χ1n) is 5.14. The average molecular weight is 203 g/mol. The Bertz CT molecular complexity index is 356. The summed E-state index contributed by atoms with van der Waals surface area (Å²) in [6.07, 6.45) is 1.51. The second kappa shape index (κ2) is 4.26. The first-order chi connectivity index (χ1) is 7.27. The van der Waals surface area contributed by atoms with Crippen molar-refractivity contribution in [2.75, 3.05) is 6.54 Å². The number of carbonyl (C=O) groups is 2. The zero-order chi connectivity index (χ0) is 10.7. The van der Waals surface area contributed by atoms with Crippen molar-refractivity contribution in [2.45, 2.75) is 19.3 Å². The normalized spacial score (nSPS) is 16.1. The average Bonchev–Trinajstić information content (AvgIpc) is 2.58. The van der Waals surface area contributed by atoms with Crippen molar-refractivity contribution in [1.82, 2.24) is 4.90 Å². The minimum absolute atomic E-state index is 0.0315. The van der Waals surface area contributed by atoms with Crippen LogP contribution in [0.1, 0.15) is 18.4 Å². The van der Waals surface area contributed by atoms with Gasteiger partial charge in [0.25, 0.3) is 0 Å². The highest BCUT2D eigenvalue weighted by atomic mass is 16.2. The minimum Gasteiger partial charge on any atom is -0.282 e. The van der Waals surface area contributed by atoms with Crippen LogP contribution in [0.25, 0.3) is 0 Å². The molecule has 1 aliphatic heterocycles. The Morgan fingerprint density at radius 2 is 1.60 bits per heavy atom. The molecule has 0 saturated carbocycles. The predicted molar refractivity (Wildman–Crippen MR) is 56.1 cm³/mol. The molecule has 3 heteroatoms. The van der Waals surface area contributed by atoms with E-state index >= 15 is 0 Å². The fraction of sp³-hybridized carbons (Fsp3) is 0.333. The molecule has 3 nitrogen and oxygen atoms in total. The van der Waals surface area contributed by atoms with Crippen LogP contribution in [0.3, 0.4) is 0 Å². The molecule has 0 atom stereocenters. The van der Waals surface area contributed by atoms with E-state index in [0.29, 0.717) is 19.4 Å². The summed E-state index contributed by atoms with van der Waals surface area (Å²) >= 11 is 0. The number of nitrogens with zero attached hydrogens (tertiary/aromatic N) is 1. The van der Waals surface area contributed by atoms with Crippen LogP contribution < -0.4 is 0 Å². The van der Waals surface area contributed by atoms with E-state index in [0.717, 1.165) is 12.0 Å². The Kier molecular flexibility index (Phi) is 2.81. The summed E-state index contributed by atoms with van der Waals surface area (Å²) < 4.78 is 0. The van der Waals surface area contributed by atoms with Crippen LogP contribution in [-0.2, 0) is 16.0 Å². The molecule has 1 fully saturated rings. The van der Waals surface area contributed by atoms with Gasteiger partial charge in [0.1, 0.15) is 0 Å². The van der Waals surface area contributed by atoms with E-state index < -0.39 is 0 Å². The predicted octanol–water partition coefficient (Wildman–Crippen LogP) is 1.38. The Hall–Kier alpha value is -1.64. The van der Waals surface area contributed by atoms with Gasteiger partial charge in [0.15, 0.2) is 0 Å². The lowest BCUT2D eigenvalue weighted by molar-refractivity contribution is -0.138. The number of carbonyl (C=O) groups excluding carboxylic acids is 2. The summed E-state index contributed by atoms with van der Waals surface area (Å²) in [6, 6.07) is 9.89. The lowest BCUT2D eigenvalue weighted by Gasteiger charge is -2.13. The van der Waals surface area contributed by atoms with E-state index in [-0.39, 0.29) is 11.8 Å². The molecule has 1 aliphatic rings. The zero-order valence-corrected chi connectivity index (χ0v) is 8.48. The highest BCUT2D eigenvalue weighted by Gasteiger charge is 2.27. The summed E-state index contributed by atoms with van der Waals surface area (Å²) in [5.41, 5.74) is 1.16. The van der Waals surface area contributed by atoms with Gasteiger partial charge in [-0.1, -0.05) is 30.3 Å². The quantitative estimate of drug-likeness (QED) is 0.696. The molecule has 0 bridgehead atoms. The number of likely N-dealkylation sites (tertiary alicyclic amines) is 1. The van der Waals surface area contributed by atoms with Crippen molar-refractivity contribution < 1.29 is 9.59 Å². The van der Waals surface area contributed by atoms with Gasteiger partial charge in [-0.15, -0.1) is 0 Å². The van der Waals surface area contributed by atoms with Crippen molar-refractivity contribution in [2.24, 2.45) is 0 Å². The Morgan fingerprint density at radius 1 is 1.00 bits per heavy atom. The first-order valence-corrected chi connectivity index (χ1v) is 5.14. The molecule has 0 spiro atoms. The van der Waals surface area contributed by atoms with Crippen molar-refractivity contribution >= 4 is 11.8 Å². The molecule has 0 aliphatic carbocycles. The van der Waals surface area contributed by atoms with Crippen LogP contribution in [0, 0.1) is 0 Å². The second-order valence-corrected chi connectivity index (χ2v) is 3.67. The fourth-order valence-corrected chi connectivity index (χ4v) is 1.76. The van der Waals surface area contributed by atoms with Crippen LogP contribution in [0.4, 0.5) is 0 Å². The number of rotatable bonds is 3. The van der Waals surface area contributed by atoms with E-state index in [1.807, 2.05) is 30.3 Å². The highest BCUT2D eigenvalue weighted by molar-refractivity contribution is 6.01. The maximum atomic E-state index is 11.3. The standard InChI is InChI=1S/C12H13NO2/c14-11-6-7-12(15)13(11)9-8-10-4-2-1-3-5-10/h1-5H,6-9H2. The molecule has 0 N–H and O–H groups in total. The molecule has 0 unspecified atom stereocenters. The van der Waals surface area contributed by atoms with Crippen LogP contribution >= 0.6 is 0 Å². The van der Waals surface area contributed by atoms with Gasteiger partial charge >= 0.3 is 0 Å². The minimum atomic E-state index is -0.0315. The highest BCUT2D eigenvalue weighted by Crippen LogP contribution is 2.12. The molecule has 1 aromatic rings. The molecular weight excluding hydrogens is 190 g/mol. The summed E-state index contributed by atoms with van der Waals surface area (Å²) in [5.74, 6) is -0.0631. The molecule has 0 radical (unpaired) electrons. The van der Waals surface area contributed by atoms with Gasteiger partial charge in [-0.05, 0) is 12.0 Å². The summed E-state index contributed by atoms with van der Waals surface area (Å²) in [7, 11) is 0. The third-order valence-electron chi connectivity index (χ3n) is 2.62. The fourth-order valence-electron chi connectivity index (χ4n) is 1.76. The Morgan fingerprint density at radius 3 is 2.20 bits per heavy atom. The zero-order valence-electron chi connectivity index (χ0n) is 8.48. The number of benzene rings is 1. The summed E-state index contributed by atoms with van der Waals surface area (Å²) in [5, 5.41) is 0. The molecule has 15 heavy (non-hydrogen) atoms. The van der Waals surface area contributed by atoms with Gasteiger partial charge in [0, 0.05) is 19.4 Å². The maximum absolute atomic E-state index is 11.3. The Balaban J connectivity index is 1.93. The van der Waals surface area contributed by atoms with Crippen molar-refractivity contribution in [1.29, 1.82) is 0 Å². The molecule has 2 amide bonds. The Labute approximate surface area is 88.7 Å². The lowest BCUT2D eigenvalue weighted by atomic mass is 10.1. The van der Waals surface area contributed by atoms with Gasteiger partial charge < -0.3 is 0 Å². The molecule has 1 heterocycles. The lowest BCUT2D eigenvalue weighted by Crippen LogP contribution is -2.31. The topological polar surface area (TPSA) is 37.4 Å². The number of hydrogen-bond acceptors (Lipinski definition) is 2. The third-order valence-corrected chi connectivity index (χ3v) is 2.62. The van der Waals surface area contributed by atoms with Crippen LogP contribution in [-0.4, -0.2) is 23.3 Å². The molecule has 1 aromatic carbocycles. The SMILES string of the molecule is O=C1CCC(=O)N1CCc1ccccc1. The summed E-state index contributed by atoms with van der Waals surface area (Å²) in [6.45, 7) is 0.516. The van der Waals surface area contributed by atoms with Crippen molar-refractivity contribution in [3.05, 3.63) is 35.9 Å². The molecule has 1 saturated heterocycles. The molecule has 0 aromatic heterocycles. The third kappa shape index (κ3) is 2.24. The van der Waals surface area contributed by atoms with E-state index in [2.05, 4.69) is 0 Å². The van der Waals surface area contributed by atoms with E-state index in [4.69, 9.17) is 0 Å². The van der Waals surface area contributed by atoms with Crippen LogP contribution in [0.15, 0.2) is 30.3 Å². The maximum Gasteiger partial charge on any atom is 0.229 e. The van der Waals surface area contributed by atoms with Crippen molar-refractivity contribution in [3.63, 3.8) is 0 Å². The largest absolute Gasteiger partial charge is 0.282 e. The first kappa shape index (κ1) is 9.90. The number of hydrogen-bond donors (Lipinski definition) is 0. The molecule has 78 valence electrons. The van der Waals surface area contributed by atoms with Gasteiger partial charge in [-0.2, -0.15) is 0 Å². The summed E-state index contributed by atoms with van der Waals surface area (Å²) in [4.78, 5) is 24.0. The monoisotopic (exact) mass is 203 g/mol. The van der Waals surface area contributed by atoms with Gasteiger partial charge in [0.05, 0.1) is 0 Å². The smallest absolute Gasteiger partial charge is 0.229 e. The van der Waals surface area contributed by atoms with E-state index in [1.165, 1.54) is 4.90 Å². The second-order valence-electron chi connectivity index (χ2n) is 3.67. The van der Waals surface area contributed by atoms with Gasteiger partial charge in [-0.25, -0.2) is 0 Å². The van der Waals surface area contributed by atoms with E-state index in [1.54, 1.807) is 0 Å². The van der Waals surface area contributed by atoms with Gasteiger partial charge in [0.2, 0.25) is 11.8 Å². The molecular formula is C12H13NO2. The van der Waals surface area contributed by atoms with Gasteiger partial charge in [-0.3, -0.25) is 14.5 Å². The van der Waals surface area contributed by atoms with E-state index in [9.17, 15) is 9.59 Å². The number of amides is 2. The van der Waals surface area contributed by atoms with Crippen LogP contribution in [0.2, 0.25) is 0 Å². The molecule has 2 rings (SSSR count). The number of imide groups is 1.